The summed E-state index contributed by atoms with van der Waals surface area (Å²) in [5.74, 6) is 0.882. The molecular weight excluding hydrogens is 324 g/mol. The van der Waals surface area contributed by atoms with Gasteiger partial charge in [0, 0.05) is 24.2 Å². The highest BCUT2D eigenvalue weighted by molar-refractivity contribution is 5.98. The summed E-state index contributed by atoms with van der Waals surface area (Å²) in [5, 5.41) is 0. The first kappa shape index (κ1) is 17.0. The van der Waals surface area contributed by atoms with E-state index in [1.165, 1.54) is 0 Å². The van der Waals surface area contributed by atoms with Crippen LogP contribution in [0.5, 0.6) is 0 Å². The van der Waals surface area contributed by atoms with Crippen LogP contribution in [-0.4, -0.2) is 47.7 Å². The largest absolute Gasteiger partial charge is 0.334 e. The molecule has 1 amide bonds. The molecule has 0 saturated carbocycles. The van der Waals surface area contributed by atoms with Gasteiger partial charge in [-0.25, -0.2) is 0 Å². The lowest BCUT2D eigenvalue weighted by Crippen LogP contribution is -2.40. The van der Waals surface area contributed by atoms with Gasteiger partial charge in [0.25, 0.3) is 5.91 Å². The van der Waals surface area contributed by atoms with Gasteiger partial charge in [-0.2, -0.15) is 0 Å². The number of hydrogen-bond donors (Lipinski definition) is 0. The first-order chi connectivity index (χ1) is 12.7. The molecule has 0 atom stereocenters. The quantitative estimate of drug-likeness (QED) is 0.779. The van der Waals surface area contributed by atoms with Crippen LogP contribution < -0.4 is 0 Å². The SMILES string of the molecule is O=C(CN1CCC(CN2Cc3ccccc3C2=O)CC1)c1ccccc1. The maximum atomic E-state index is 12.5. The molecule has 2 aliphatic heterocycles. The summed E-state index contributed by atoms with van der Waals surface area (Å²) < 4.78 is 0. The number of piperidine rings is 1. The molecule has 134 valence electrons. The molecule has 1 saturated heterocycles. The molecule has 0 unspecified atom stereocenters. The van der Waals surface area contributed by atoms with Crippen molar-refractivity contribution in [3.63, 3.8) is 0 Å². The van der Waals surface area contributed by atoms with E-state index >= 15 is 0 Å². The van der Waals surface area contributed by atoms with Crippen LogP contribution in [0.1, 0.15) is 39.1 Å². The number of nitrogens with zero attached hydrogens (tertiary/aromatic N) is 2. The Morgan fingerprint density at radius 1 is 0.962 bits per heavy atom. The van der Waals surface area contributed by atoms with Gasteiger partial charge < -0.3 is 4.90 Å². The average molecular weight is 348 g/mol. The van der Waals surface area contributed by atoms with Gasteiger partial charge in [0.1, 0.15) is 0 Å². The van der Waals surface area contributed by atoms with E-state index in [9.17, 15) is 9.59 Å². The minimum Gasteiger partial charge on any atom is -0.334 e. The molecule has 0 bridgehead atoms. The second-order valence-electron chi connectivity index (χ2n) is 7.35. The standard InChI is InChI=1S/C22H24N2O2/c25-21(18-6-2-1-3-7-18)16-23-12-10-17(11-13-23)14-24-15-19-8-4-5-9-20(19)22(24)26/h1-9,17H,10-16H2. The highest BCUT2D eigenvalue weighted by atomic mass is 16.2. The third-order valence-corrected chi connectivity index (χ3v) is 5.54. The van der Waals surface area contributed by atoms with Gasteiger partial charge >= 0.3 is 0 Å². The lowest BCUT2D eigenvalue weighted by molar-refractivity contribution is 0.0707. The van der Waals surface area contributed by atoms with Crippen LogP contribution in [-0.2, 0) is 6.54 Å². The molecule has 4 rings (SSSR count). The van der Waals surface area contributed by atoms with Crippen molar-refractivity contribution < 1.29 is 9.59 Å². The summed E-state index contributed by atoms with van der Waals surface area (Å²) in [4.78, 5) is 29.1. The minimum absolute atomic E-state index is 0.169. The van der Waals surface area contributed by atoms with E-state index in [1.54, 1.807) is 0 Å². The Morgan fingerprint density at radius 3 is 2.38 bits per heavy atom. The number of rotatable bonds is 5. The number of fused-ring (bicyclic) bond motifs is 1. The molecule has 2 aromatic carbocycles. The Balaban J connectivity index is 1.27. The smallest absolute Gasteiger partial charge is 0.254 e. The van der Waals surface area contributed by atoms with Crippen molar-refractivity contribution in [1.29, 1.82) is 0 Å². The van der Waals surface area contributed by atoms with E-state index in [1.807, 2.05) is 59.5 Å². The Bertz CT molecular complexity index is 795. The summed E-state index contributed by atoms with van der Waals surface area (Å²) >= 11 is 0. The van der Waals surface area contributed by atoms with Crippen LogP contribution in [0.25, 0.3) is 0 Å². The molecule has 2 aliphatic rings. The summed E-state index contributed by atoms with van der Waals surface area (Å²) in [6.07, 6.45) is 2.09. The molecule has 2 heterocycles. The fourth-order valence-electron chi connectivity index (χ4n) is 4.02. The van der Waals surface area contributed by atoms with E-state index in [4.69, 9.17) is 0 Å². The van der Waals surface area contributed by atoms with Crippen molar-refractivity contribution in [1.82, 2.24) is 9.80 Å². The van der Waals surface area contributed by atoms with Crippen LogP contribution in [0.2, 0.25) is 0 Å². The zero-order valence-corrected chi connectivity index (χ0v) is 14.9. The number of carbonyl (C=O) groups is 2. The van der Waals surface area contributed by atoms with Crippen molar-refractivity contribution in [3.8, 4) is 0 Å². The molecule has 0 aliphatic carbocycles. The number of amides is 1. The lowest BCUT2D eigenvalue weighted by atomic mass is 9.95. The molecule has 0 radical (unpaired) electrons. The molecule has 1 fully saturated rings. The lowest BCUT2D eigenvalue weighted by Gasteiger charge is -2.33. The Hall–Kier alpha value is -2.46. The van der Waals surface area contributed by atoms with Crippen molar-refractivity contribution in [2.45, 2.75) is 19.4 Å². The van der Waals surface area contributed by atoms with Crippen LogP contribution in [0.4, 0.5) is 0 Å². The molecule has 4 nitrogen and oxygen atoms in total. The van der Waals surface area contributed by atoms with E-state index in [0.29, 0.717) is 12.5 Å². The van der Waals surface area contributed by atoms with Gasteiger partial charge in [0.2, 0.25) is 0 Å². The molecule has 0 N–H and O–H groups in total. The van der Waals surface area contributed by atoms with Crippen LogP contribution in [0.3, 0.4) is 0 Å². The topological polar surface area (TPSA) is 40.6 Å². The third kappa shape index (κ3) is 3.56. The predicted octanol–water partition coefficient (Wildman–Crippen LogP) is 3.24. The number of ketones is 1. The first-order valence-electron chi connectivity index (χ1n) is 9.38. The molecule has 0 aromatic heterocycles. The van der Waals surface area contributed by atoms with E-state index in [2.05, 4.69) is 4.90 Å². The highest BCUT2D eigenvalue weighted by Gasteiger charge is 2.30. The van der Waals surface area contributed by atoms with Gasteiger partial charge in [0.15, 0.2) is 5.78 Å². The molecular formula is C22H24N2O2. The maximum Gasteiger partial charge on any atom is 0.254 e. The van der Waals surface area contributed by atoms with Crippen molar-refractivity contribution in [2.75, 3.05) is 26.2 Å². The molecule has 4 heteroatoms. The average Bonchev–Trinajstić information content (AvgIpc) is 3.00. The normalized spacial score (nSPS) is 18.2. The second kappa shape index (κ2) is 7.42. The first-order valence-corrected chi connectivity index (χ1v) is 9.38. The Morgan fingerprint density at radius 2 is 1.65 bits per heavy atom. The van der Waals surface area contributed by atoms with Crippen LogP contribution in [0.15, 0.2) is 54.6 Å². The maximum absolute atomic E-state index is 12.5. The number of benzene rings is 2. The number of carbonyl (C=O) groups excluding carboxylic acids is 2. The van der Waals surface area contributed by atoms with Gasteiger partial charge in [-0.1, -0.05) is 48.5 Å². The molecule has 26 heavy (non-hydrogen) atoms. The van der Waals surface area contributed by atoms with Gasteiger partial charge in [-0.05, 0) is 43.5 Å². The predicted molar refractivity (Wildman–Crippen MR) is 101 cm³/mol. The van der Waals surface area contributed by atoms with Crippen LogP contribution >= 0.6 is 0 Å². The summed E-state index contributed by atoms with van der Waals surface area (Å²) in [6.45, 7) is 3.91. The summed E-state index contributed by atoms with van der Waals surface area (Å²) in [7, 11) is 0. The zero-order chi connectivity index (χ0) is 17.9. The Labute approximate surface area is 154 Å². The summed E-state index contributed by atoms with van der Waals surface area (Å²) in [6, 6.07) is 17.4. The van der Waals surface area contributed by atoms with E-state index in [0.717, 1.165) is 55.7 Å². The third-order valence-electron chi connectivity index (χ3n) is 5.54. The number of Topliss-reactive ketones (excluding diaryl/α,β-unsaturated/α-hetero) is 1. The highest BCUT2D eigenvalue weighted by Crippen LogP contribution is 2.26. The van der Waals surface area contributed by atoms with Gasteiger partial charge in [-0.15, -0.1) is 0 Å². The Kier molecular flexibility index (Phi) is 4.85. The van der Waals surface area contributed by atoms with Crippen molar-refractivity contribution >= 4 is 11.7 Å². The van der Waals surface area contributed by atoms with Crippen molar-refractivity contribution in [2.24, 2.45) is 5.92 Å². The second-order valence-corrected chi connectivity index (χ2v) is 7.35. The summed E-state index contributed by atoms with van der Waals surface area (Å²) in [5.41, 5.74) is 2.79. The number of hydrogen-bond acceptors (Lipinski definition) is 3. The fraction of sp³-hybridized carbons (Fsp3) is 0.364. The molecule has 0 spiro atoms. The number of likely N-dealkylation sites (tertiary alicyclic amines) is 1. The van der Waals surface area contributed by atoms with Gasteiger partial charge in [0.05, 0.1) is 6.54 Å². The van der Waals surface area contributed by atoms with Crippen LogP contribution in [0, 0.1) is 5.92 Å². The minimum atomic E-state index is 0.169. The fourth-order valence-corrected chi connectivity index (χ4v) is 4.02. The van der Waals surface area contributed by atoms with Crippen molar-refractivity contribution in [3.05, 3.63) is 71.3 Å². The molecule has 2 aromatic rings. The van der Waals surface area contributed by atoms with E-state index < -0.39 is 0 Å². The monoisotopic (exact) mass is 348 g/mol. The zero-order valence-electron chi connectivity index (χ0n) is 14.9. The van der Waals surface area contributed by atoms with E-state index in [-0.39, 0.29) is 11.7 Å². The van der Waals surface area contributed by atoms with Gasteiger partial charge in [-0.3, -0.25) is 14.5 Å².